The number of benzene rings is 1. The highest BCUT2D eigenvalue weighted by atomic mass is 79.9. The molecule has 1 aliphatic rings. The third-order valence-electron chi connectivity index (χ3n) is 3.54. The topological polar surface area (TPSA) is 53.6 Å². The van der Waals surface area contributed by atoms with Gasteiger partial charge in [-0.05, 0) is 43.6 Å². The third-order valence-corrected chi connectivity index (χ3v) is 4.07. The van der Waals surface area contributed by atoms with Crippen LogP contribution in [0.4, 0.5) is 0 Å². The summed E-state index contributed by atoms with van der Waals surface area (Å²) >= 11 is 3.45. The lowest BCUT2D eigenvalue weighted by molar-refractivity contribution is 0.446. The van der Waals surface area contributed by atoms with Gasteiger partial charge in [0.05, 0.1) is 0 Å². The average Bonchev–Trinajstić information content (AvgIpc) is 2.91. The Hall–Kier alpha value is -1.20. The number of H-pyrrole nitrogens is 1. The van der Waals surface area contributed by atoms with Crippen LogP contribution in [0.2, 0.25) is 0 Å². The van der Waals surface area contributed by atoms with Crippen molar-refractivity contribution in [3.63, 3.8) is 0 Å². The number of rotatable bonds is 3. The van der Waals surface area contributed by atoms with E-state index >= 15 is 0 Å². The summed E-state index contributed by atoms with van der Waals surface area (Å²) in [4.78, 5) is 4.65. The molecule has 1 aromatic heterocycles. The summed E-state index contributed by atoms with van der Waals surface area (Å²) < 4.78 is 1.10. The van der Waals surface area contributed by atoms with Gasteiger partial charge in [-0.3, -0.25) is 5.10 Å². The monoisotopic (exact) mass is 320 g/mol. The van der Waals surface area contributed by atoms with Crippen LogP contribution in [0.15, 0.2) is 28.7 Å². The first-order chi connectivity index (χ1) is 9.31. The van der Waals surface area contributed by atoms with E-state index in [1.54, 1.807) is 0 Å². The van der Waals surface area contributed by atoms with Gasteiger partial charge in [0.2, 0.25) is 0 Å². The lowest BCUT2D eigenvalue weighted by Crippen LogP contribution is -2.27. The van der Waals surface area contributed by atoms with E-state index in [0.717, 1.165) is 48.5 Å². The Bertz CT molecular complexity index is 529. The van der Waals surface area contributed by atoms with Gasteiger partial charge in [0.15, 0.2) is 5.82 Å². The summed E-state index contributed by atoms with van der Waals surface area (Å²) in [6.07, 6.45) is 3.08. The standard InChI is InChI=1S/C14H17BrN4/c15-12-3-1-10(2-4-12)9-13-17-14(19-18-13)11-5-7-16-8-6-11/h1-4,11,16H,5-9H2,(H,17,18,19). The van der Waals surface area contributed by atoms with Gasteiger partial charge in [0.25, 0.3) is 0 Å². The molecule has 0 unspecified atom stereocenters. The average molecular weight is 321 g/mol. The van der Waals surface area contributed by atoms with Gasteiger partial charge in [0, 0.05) is 16.8 Å². The largest absolute Gasteiger partial charge is 0.317 e. The Morgan fingerprint density at radius 3 is 2.63 bits per heavy atom. The van der Waals surface area contributed by atoms with E-state index in [9.17, 15) is 0 Å². The highest BCUT2D eigenvalue weighted by Gasteiger charge is 2.19. The van der Waals surface area contributed by atoms with Gasteiger partial charge in [-0.2, -0.15) is 5.10 Å². The number of aromatic amines is 1. The first-order valence-corrected chi connectivity index (χ1v) is 7.47. The predicted molar refractivity (Wildman–Crippen MR) is 78.2 cm³/mol. The van der Waals surface area contributed by atoms with Crippen LogP contribution in [-0.2, 0) is 6.42 Å². The number of halogens is 1. The Morgan fingerprint density at radius 2 is 1.89 bits per heavy atom. The van der Waals surface area contributed by atoms with Crippen molar-refractivity contribution in [1.29, 1.82) is 0 Å². The van der Waals surface area contributed by atoms with Crippen molar-refractivity contribution in [3.8, 4) is 0 Å². The summed E-state index contributed by atoms with van der Waals surface area (Å²) in [5.74, 6) is 2.45. The zero-order valence-corrected chi connectivity index (χ0v) is 12.3. The second-order valence-electron chi connectivity index (χ2n) is 4.97. The van der Waals surface area contributed by atoms with Crippen LogP contribution in [0.1, 0.15) is 36.0 Å². The molecule has 19 heavy (non-hydrogen) atoms. The minimum atomic E-state index is 0.510. The maximum atomic E-state index is 4.65. The van der Waals surface area contributed by atoms with E-state index < -0.39 is 0 Å². The second-order valence-corrected chi connectivity index (χ2v) is 5.88. The first-order valence-electron chi connectivity index (χ1n) is 6.67. The number of aromatic nitrogens is 3. The highest BCUT2D eigenvalue weighted by Crippen LogP contribution is 2.22. The van der Waals surface area contributed by atoms with Crippen molar-refractivity contribution < 1.29 is 0 Å². The predicted octanol–water partition coefficient (Wildman–Crippen LogP) is 2.62. The van der Waals surface area contributed by atoms with E-state index in [4.69, 9.17) is 0 Å². The Balaban J connectivity index is 1.68. The molecule has 0 saturated carbocycles. The molecule has 2 heterocycles. The van der Waals surface area contributed by atoms with Crippen molar-refractivity contribution in [3.05, 3.63) is 46.0 Å². The number of hydrogen-bond donors (Lipinski definition) is 2. The van der Waals surface area contributed by atoms with Crippen LogP contribution in [0, 0.1) is 0 Å². The lowest BCUT2D eigenvalue weighted by atomic mass is 9.98. The van der Waals surface area contributed by atoms with Gasteiger partial charge in [-0.15, -0.1) is 0 Å². The summed E-state index contributed by atoms with van der Waals surface area (Å²) in [5.41, 5.74) is 1.25. The molecule has 1 aromatic carbocycles. The van der Waals surface area contributed by atoms with E-state index in [1.165, 1.54) is 5.56 Å². The SMILES string of the molecule is Brc1ccc(Cc2nc(C3CCNCC3)n[nH]2)cc1. The number of nitrogens with zero attached hydrogens (tertiary/aromatic N) is 2. The maximum Gasteiger partial charge on any atom is 0.153 e. The Morgan fingerprint density at radius 1 is 1.16 bits per heavy atom. The molecule has 1 fully saturated rings. The smallest absolute Gasteiger partial charge is 0.153 e. The van der Waals surface area contributed by atoms with E-state index in [-0.39, 0.29) is 0 Å². The van der Waals surface area contributed by atoms with Crippen LogP contribution >= 0.6 is 15.9 Å². The molecular weight excluding hydrogens is 304 g/mol. The molecule has 0 amide bonds. The van der Waals surface area contributed by atoms with Crippen molar-refractivity contribution >= 4 is 15.9 Å². The molecule has 0 aliphatic carbocycles. The zero-order chi connectivity index (χ0) is 13.1. The molecule has 5 heteroatoms. The van der Waals surface area contributed by atoms with Crippen LogP contribution < -0.4 is 5.32 Å². The first kappa shape index (κ1) is 12.8. The van der Waals surface area contributed by atoms with E-state index in [0.29, 0.717) is 5.92 Å². The normalized spacial score (nSPS) is 16.7. The van der Waals surface area contributed by atoms with Crippen LogP contribution in [0.5, 0.6) is 0 Å². The van der Waals surface area contributed by atoms with Gasteiger partial charge < -0.3 is 5.32 Å². The molecule has 3 rings (SSSR count). The van der Waals surface area contributed by atoms with E-state index in [2.05, 4.69) is 60.7 Å². The number of nitrogens with one attached hydrogen (secondary N) is 2. The van der Waals surface area contributed by atoms with Crippen LogP contribution in [0.25, 0.3) is 0 Å². The van der Waals surface area contributed by atoms with Crippen molar-refractivity contribution in [2.45, 2.75) is 25.2 Å². The minimum Gasteiger partial charge on any atom is -0.317 e. The van der Waals surface area contributed by atoms with Gasteiger partial charge in [-0.1, -0.05) is 28.1 Å². The second kappa shape index (κ2) is 5.84. The summed E-state index contributed by atoms with van der Waals surface area (Å²) in [6, 6.07) is 8.33. The van der Waals surface area contributed by atoms with Gasteiger partial charge in [-0.25, -0.2) is 4.98 Å². The molecule has 4 nitrogen and oxygen atoms in total. The molecule has 100 valence electrons. The summed E-state index contributed by atoms with van der Waals surface area (Å²) in [5, 5.41) is 10.8. The van der Waals surface area contributed by atoms with Crippen molar-refractivity contribution in [2.24, 2.45) is 0 Å². The fourth-order valence-electron chi connectivity index (χ4n) is 2.45. The summed E-state index contributed by atoms with van der Waals surface area (Å²) in [7, 11) is 0. The Kier molecular flexibility index (Phi) is 3.94. The molecule has 2 N–H and O–H groups in total. The molecule has 1 saturated heterocycles. The van der Waals surface area contributed by atoms with Crippen molar-refractivity contribution in [1.82, 2.24) is 20.5 Å². The molecule has 0 spiro atoms. The number of hydrogen-bond acceptors (Lipinski definition) is 3. The minimum absolute atomic E-state index is 0.510. The molecular formula is C14H17BrN4. The molecule has 0 radical (unpaired) electrons. The maximum absolute atomic E-state index is 4.65. The highest BCUT2D eigenvalue weighted by molar-refractivity contribution is 9.10. The molecule has 2 aromatic rings. The van der Waals surface area contributed by atoms with Crippen molar-refractivity contribution in [2.75, 3.05) is 13.1 Å². The van der Waals surface area contributed by atoms with Crippen LogP contribution in [-0.4, -0.2) is 28.3 Å². The third kappa shape index (κ3) is 3.22. The van der Waals surface area contributed by atoms with Gasteiger partial charge >= 0.3 is 0 Å². The quantitative estimate of drug-likeness (QED) is 0.914. The zero-order valence-electron chi connectivity index (χ0n) is 10.7. The summed E-state index contributed by atoms with van der Waals surface area (Å²) in [6.45, 7) is 2.14. The Labute approximate surface area is 121 Å². The lowest BCUT2D eigenvalue weighted by Gasteiger charge is -2.19. The molecule has 0 bridgehead atoms. The molecule has 1 aliphatic heterocycles. The van der Waals surface area contributed by atoms with Crippen LogP contribution in [0.3, 0.4) is 0 Å². The number of piperidine rings is 1. The molecule has 0 atom stereocenters. The van der Waals surface area contributed by atoms with E-state index in [1.807, 2.05) is 0 Å². The van der Waals surface area contributed by atoms with Gasteiger partial charge in [0.1, 0.15) is 5.82 Å². The fraction of sp³-hybridized carbons (Fsp3) is 0.429. The fourth-order valence-corrected chi connectivity index (χ4v) is 2.71.